The Morgan fingerprint density at radius 2 is 1.97 bits per heavy atom. The Labute approximate surface area is 187 Å². The minimum atomic E-state index is -0.355. The second-order valence-corrected chi connectivity index (χ2v) is 8.73. The Morgan fingerprint density at radius 3 is 2.66 bits per heavy atom. The van der Waals surface area contributed by atoms with Crippen LogP contribution < -0.4 is 10.9 Å². The van der Waals surface area contributed by atoms with Crippen LogP contribution in [0.3, 0.4) is 0 Å². The van der Waals surface area contributed by atoms with Gasteiger partial charge in [0.1, 0.15) is 11.5 Å². The first-order chi connectivity index (χ1) is 15.4. The topological polar surface area (TPSA) is 68.9 Å². The van der Waals surface area contributed by atoms with Gasteiger partial charge in [0, 0.05) is 30.0 Å². The van der Waals surface area contributed by atoms with Crippen LogP contribution in [0.1, 0.15) is 62.3 Å². The van der Waals surface area contributed by atoms with E-state index in [9.17, 15) is 14.0 Å². The molecular formula is C25H31FN4O2. The fourth-order valence-electron chi connectivity index (χ4n) is 4.93. The number of fused-ring (bicyclic) bond motifs is 1. The van der Waals surface area contributed by atoms with Gasteiger partial charge in [0.05, 0.1) is 11.4 Å². The number of pyridine rings is 1. The predicted molar refractivity (Wildman–Crippen MR) is 124 cm³/mol. The molecule has 1 aromatic carbocycles. The second-order valence-electron chi connectivity index (χ2n) is 8.73. The van der Waals surface area contributed by atoms with E-state index in [4.69, 9.17) is 0 Å². The number of halogens is 1. The average molecular weight is 439 g/mol. The molecule has 0 atom stereocenters. The maximum atomic E-state index is 13.9. The summed E-state index contributed by atoms with van der Waals surface area (Å²) in [5.74, 6) is -0.349. The van der Waals surface area contributed by atoms with Gasteiger partial charge in [-0.1, -0.05) is 25.3 Å². The summed E-state index contributed by atoms with van der Waals surface area (Å²) >= 11 is 0. The number of nitrogens with one attached hydrogen (secondary N) is 1. The van der Waals surface area contributed by atoms with Gasteiger partial charge in [0.2, 0.25) is 5.91 Å². The summed E-state index contributed by atoms with van der Waals surface area (Å²) in [7, 11) is 0. The van der Waals surface area contributed by atoms with Gasteiger partial charge in [0.15, 0.2) is 0 Å². The molecule has 7 heteroatoms. The third-order valence-electron chi connectivity index (χ3n) is 6.56. The molecular weight excluding hydrogens is 407 g/mol. The van der Waals surface area contributed by atoms with Crippen molar-refractivity contribution in [3.63, 3.8) is 0 Å². The van der Waals surface area contributed by atoms with Crippen LogP contribution >= 0.6 is 0 Å². The van der Waals surface area contributed by atoms with Crippen LogP contribution in [0.25, 0.3) is 16.7 Å². The van der Waals surface area contributed by atoms with Crippen LogP contribution in [-0.4, -0.2) is 26.3 Å². The average Bonchev–Trinajstić information content (AvgIpc) is 3.12. The van der Waals surface area contributed by atoms with Crippen molar-refractivity contribution in [1.29, 1.82) is 0 Å². The molecule has 6 nitrogen and oxygen atoms in total. The number of hydrogen-bond donors (Lipinski definition) is 1. The van der Waals surface area contributed by atoms with Crippen molar-refractivity contribution in [1.82, 2.24) is 19.7 Å². The first-order valence-electron chi connectivity index (χ1n) is 11.6. The van der Waals surface area contributed by atoms with E-state index in [0.29, 0.717) is 36.3 Å². The number of carbonyl (C=O) groups is 1. The van der Waals surface area contributed by atoms with E-state index < -0.39 is 0 Å². The molecule has 1 aliphatic carbocycles. The molecule has 0 radical (unpaired) electrons. The molecule has 0 saturated heterocycles. The SMILES string of the molecule is CCn1c(=O)c(CCC(=O)NC2CCCCC2)c(C)c2c(C)nn(-c3cccc(F)c3)c21. The quantitative estimate of drug-likeness (QED) is 0.622. The monoisotopic (exact) mass is 438 g/mol. The third-order valence-corrected chi connectivity index (χ3v) is 6.56. The highest BCUT2D eigenvalue weighted by Crippen LogP contribution is 2.26. The largest absolute Gasteiger partial charge is 0.353 e. The van der Waals surface area contributed by atoms with Gasteiger partial charge >= 0.3 is 0 Å². The van der Waals surface area contributed by atoms with Crippen molar-refractivity contribution in [3.05, 3.63) is 57.3 Å². The Balaban J connectivity index is 1.70. The van der Waals surface area contributed by atoms with Crippen LogP contribution in [0.5, 0.6) is 0 Å². The number of aryl methyl sites for hydroxylation is 3. The van der Waals surface area contributed by atoms with Crippen LogP contribution in [-0.2, 0) is 17.8 Å². The van der Waals surface area contributed by atoms with Gasteiger partial charge in [-0.15, -0.1) is 0 Å². The van der Waals surface area contributed by atoms with Gasteiger partial charge in [-0.05, 0) is 63.8 Å². The van der Waals surface area contributed by atoms with Crippen molar-refractivity contribution in [2.24, 2.45) is 0 Å². The van der Waals surface area contributed by atoms with E-state index in [-0.39, 0.29) is 23.3 Å². The van der Waals surface area contributed by atoms with Gasteiger partial charge < -0.3 is 5.32 Å². The van der Waals surface area contributed by atoms with E-state index in [1.807, 2.05) is 20.8 Å². The zero-order chi connectivity index (χ0) is 22.8. The minimum absolute atomic E-state index is 0.00558. The summed E-state index contributed by atoms with van der Waals surface area (Å²) in [5, 5.41) is 8.66. The van der Waals surface area contributed by atoms with E-state index in [2.05, 4.69) is 10.4 Å². The summed E-state index contributed by atoms with van der Waals surface area (Å²) in [6.45, 7) is 6.18. The molecule has 2 heterocycles. The van der Waals surface area contributed by atoms with Gasteiger partial charge in [-0.3, -0.25) is 14.2 Å². The fraction of sp³-hybridized carbons (Fsp3) is 0.480. The summed E-state index contributed by atoms with van der Waals surface area (Å²) < 4.78 is 17.2. The highest BCUT2D eigenvalue weighted by Gasteiger charge is 2.22. The molecule has 32 heavy (non-hydrogen) atoms. The Kier molecular flexibility index (Phi) is 6.44. The standard InChI is InChI=1S/C25H31FN4O2/c1-4-29-24-23(17(3)28-30(24)20-12-8-9-18(26)15-20)16(2)21(25(29)32)13-14-22(31)27-19-10-6-5-7-11-19/h8-9,12,15,19H,4-7,10-11,13-14H2,1-3H3,(H,27,31). The van der Waals surface area contributed by atoms with Gasteiger partial charge in [0.25, 0.3) is 5.56 Å². The molecule has 1 N–H and O–H groups in total. The lowest BCUT2D eigenvalue weighted by Crippen LogP contribution is -2.36. The maximum Gasteiger partial charge on any atom is 0.255 e. The molecule has 1 fully saturated rings. The van der Waals surface area contributed by atoms with Crippen LogP contribution in [0.4, 0.5) is 4.39 Å². The Bertz CT molecular complexity index is 1200. The Morgan fingerprint density at radius 1 is 1.22 bits per heavy atom. The van der Waals surface area contributed by atoms with Crippen molar-refractivity contribution in [2.45, 2.75) is 78.3 Å². The smallest absolute Gasteiger partial charge is 0.255 e. The second kappa shape index (κ2) is 9.27. The number of carbonyl (C=O) groups excluding carboxylic acids is 1. The maximum absolute atomic E-state index is 13.9. The molecule has 0 aliphatic heterocycles. The number of rotatable bonds is 6. The molecule has 4 rings (SSSR count). The number of aromatic nitrogens is 3. The van der Waals surface area contributed by atoms with Gasteiger partial charge in [-0.25, -0.2) is 9.07 Å². The minimum Gasteiger partial charge on any atom is -0.353 e. The van der Waals surface area contributed by atoms with E-state index in [1.54, 1.807) is 21.4 Å². The first kappa shape index (κ1) is 22.2. The highest BCUT2D eigenvalue weighted by atomic mass is 19.1. The van der Waals surface area contributed by atoms with Crippen molar-refractivity contribution in [3.8, 4) is 5.69 Å². The molecule has 2 aromatic heterocycles. The van der Waals surface area contributed by atoms with Crippen molar-refractivity contribution >= 4 is 16.9 Å². The lowest BCUT2D eigenvalue weighted by Gasteiger charge is -2.22. The van der Waals surface area contributed by atoms with E-state index >= 15 is 0 Å². The van der Waals surface area contributed by atoms with E-state index in [1.165, 1.54) is 18.6 Å². The number of amides is 1. The van der Waals surface area contributed by atoms with Crippen molar-refractivity contribution in [2.75, 3.05) is 0 Å². The summed E-state index contributed by atoms with van der Waals surface area (Å²) in [6, 6.07) is 6.47. The number of nitrogens with zero attached hydrogens (tertiary/aromatic N) is 3. The van der Waals surface area contributed by atoms with Crippen molar-refractivity contribution < 1.29 is 9.18 Å². The Hall–Kier alpha value is -2.96. The van der Waals surface area contributed by atoms with Gasteiger partial charge in [-0.2, -0.15) is 5.10 Å². The van der Waals surface area contributed by atoms with Crippen LogP contribution in [0.2, 0.25) is 0 Å². The van der Waals surface area contributed by atoms with E-state index in [0.717, 1.165) is 42.3 Å². The van der Waals surface area contributed by atoms with Crippen LogP contribution in [0.15, 0.2) is 29.1 Å². The number of benzene rings is 1. The van der Waals surface area contributed by atoms with Crippen LogP contribution in [0, 0.1) is 19.7 Å². The molecule has 1 saturated carbocycles. The molecule has 0 unspecified atom stereocenters. The predicted octanol–water partition coefficient (Wildman–Crippen LogP) is 4.34. The molecule has 0 bridgehead atoms. The fourth-order valence-corrected chi connectivity index (χ4v) is 4.93. The third kappa shape index (κ3) is 4.20. The molecule has 0 spiro atoms. The summed E-state index contributed by atoms with van der Waals surface area (Å²) in [5.41, 5.74) is 3.40. The lowest BCUT2D eigenvalue weighted by molar-refractivity contribution is -0.121. The number of hydrogen-bond acceptors (Lipinski definition) is 3. The molecule has 1 amide bonds. The zero-order valence-electron chi connectivity index (χ0n) is 19.1. The lowest BCUT2D eigenvalue weighted by atomic mass is 9.95. The zero-order valence-corrected chi connectivity index (χ0v) is 19.1. The summed E-state index contributed by atoms with van der Waals surface area (Å²) in [4.78, 5) is 26.0. The summed E-state index contributed by atoms with van der Waals surface area (Å²) in [6.07, 6.45) is 6.33. The molecule has 3 aromatic rings. The highest BCUT2D eigenvalue weighted by molar-refractivity contribution is 5.85. The molecule has 1 aliphatic rings. The first-order valence-corrected chi connectivity index (χ1v) is 11.6. The molecule has 170 valence electrons. The normalized spacial score (nSPS) is 14.8.